The minimum Gasteiger partial charge on any atom is -0.467 e. The van der Waals surface area contributed by atoms with Gasteiger partial charge >= 0.3 is 0 Å². The van der Waals surface area contributed by atoms with Gasteiger partial charge in [0.15, 0.2) is 0 Å². The van der Waals surface area contributed by atoms with Gasteiger partial charge in [0.25, 0.3) is 5.91 Å². The minimum absolute atomic E-state index is 0.147. The third-order valence-electron chi connectivity index (χ3n) is 4.19. The number of rotatable bonds is 3. The normalized spacial score (nSPS) is 16.8. The SMILES string of the molecule is O=C(c1ccccc1)N1N=C(c2ccc(Cl)cc2)C[C@H]1c1ccco1. The van der Waals surface area contributed by atoms with Crippen LogP contribution in [0.5, 0.6) is 0 Å². The van der Waals surface area contributed by atoms with Gasteiger partial charge in [0, 0.05) is 17.0 Å². The minimum atomic E-state index is -0.256. The molecular weight excluding hydrogens is 336 g/mol. The van der Waals surface area contributed by atoms with Gasteiger partial charge in [0.1, 0.15) is 11.8 Å². The number of benzene rings is 2. The number of carbonyl (C=O) groups excluding carboxylic acids is 1. The summed E-state index contributed by atoms with van der Waals surface area (Å²) in [6.45, 7) is 0. The summed E-state index contributed by atoms with van der Waals surface area (Å²) in [5, 5.41) is 6.78. The van der Waals surface area contributed by atoms with Gasteiger partial charge in [-0.3, -0.25) is 4.79 Å². The van der Waals surface area contributed by atoms with Crippen LogP contribution in [0.4, 0.5) is 0 Å². The lowest BCUT2D eigenvalue weighted by atomic mass is 10.0. The predicted molar refractivity (Wildman–Crippen MR) is 96.7 cm³/mol. The van der Waals surface area contributed by atoms with E-state index in [4.69, 9.17) is 16.0 Å². The molecule has 4 rings (SSSR count). The fourth-order valence-electron chi connectivity index (χ4n) is 2.93. The molecule has 0 saturated heterocycles. The van der Waals surface area contributed by atoms with Crippen molar-refractivity contribution >= 4 is 23.2 Å². The standard InChI is InChI=1S/C20H15ClN2O2/c21-16-10-8-14(9-11-16)17-13-18(19-7-4-12-25-19)23(22-17)20(24)15-5-2-1-3-6-15/h1-12,18H,13H2/t18-/m0/s1. The molecule has 0 aliphatic carbocycles. The molecule has 0 saturated carbocycles. The van der Waals surface area contributed by atoms with Gasteiger partial charge in [-0.2, -0.15) is 5.10 Å². The van der Waals surface area contributed by atoms with E-state index in [2.05, 4.69) is 5.10 Å². The van der Waals surface area contributed by atoms with E-state index < -0.39 is 0 Å². The molecule has 2 aromatic carbocycles. The summed E-state index contributed by atoms with van der Waals surface area (Å²) in [6.07, 6.45) is 2.20. The van der Waals surface area contributed by atoms with Crippen molar-refractivity contribution in [1.82, 2.24) is 5.01 Å². The van der Waals surface area contributed by atoms with Crippen molar-refractivity contribution in [3.63, 3.8) is 0 Å². The predicted octanol–water partition coefficient (Wildman–Crippen LogP) is 4.92. The molecule has 5 heteroatoms. The van der Waals surface area contributed by atoms with E-state index in [1.165, 1.54) is 5.01 Å². The third-order valence-corrected chi connectivity index (χ3v) is 4.44. The zero-order valence-electron chi connectivity index (χ0n) is 13.3. The van der Waals surface area contributed by atoms with Crippen LogP contribution in [0.25, 0.3) is 0 Å². The zero-order chi connectivity index (χ0) is 17.2. The number of halogens is 1. The molecular formula is C20H15ClN2O2. The van der Waals surface area contributed by atoms with Crippen LogP contribution in [-0.4, -0.2) is 16.6 Å². The van der Waals surface area contributed by atoms with Gasteiger partial charge in [0.2, 0.25) is 0 Å². The smallest absolute Gasteiger partial charge is 0.274 e. The molecule has 3 aromatic rings. The molecule has 0 fully saturated rings. The fourth-order valence-corrected chi connectivity index (χ4v) is 3.06. The Hall–Kier alpha value is -2.85. The molecule has 1 aromatic heterocycles. The van der Waals surface area contributed by atoms with Crippen molar-refractivity contribution in [3.05, 3.63) is 94.9 Å². The summed E-state index contributed by atoms with van der Waals surface area (Å²) in [6, 6.07) is 20.1. The fraction of sp³-hybridized carbons (Fsp3) is 0.100. The Balaban J connectivity index is 1.71. The molecule has 2 heterocycles. The molecule has 124 valence electrons. The summed E-state index contributed by atoms with van der Waals surface area (Å²) in [4.78, 5) is 12.9. The van der Waals surface area contributed by atoms with Gasteiger partial charge in [-0.25, -0.2) is 5.01 Å². The summed E-state index contributed by atoms with van der Waals surface area (Å²) in [5.74, 6) is 0.572. The van der Waals surface area contributed by atoms with Crippen molar-refractivity contribution in [2.45, 2.75) is 12.5 Å². The molecule has 0 bridgehead atoms. The van der Waals surface area contributed by atoms with Gasteiger partial charge in [0.05, 0.1) is 12.0 Å². The average Bonchev–Trinajstić information content (AvgIpc) is 3.32. The maximum absolute atomic E-state index is 12.9. The summed E-state index contributed by atoms with van der Waals surface area (Å²) < 4.78 is 5.55. The number of amides is 1. The lowest BCUT2D eigenvalue weighted by Gasteiger charge is -2.19. The largest absolute Gasteiger partial charge is 0.467 e. The van der Waals surface area contributed by atoms with E-state index in [0.29, 0.717) is 17.0 Å². The van der Waals surface area contributed by atoms with Crippen LogP contribution >= 0.6 is 11.6 Å². The lowest BCUT2D eigenvalue weighted by Crippen LogP contribution is -2.26. The average molecular weight is 351 g/mol. The monoisotopic (exact) mass is 350 g/mol. The maximum atomic E-state index is 12.9. The highest BCUT2D eigenvalue weighted by Crippen LogP contribution is 2.34. The van der Waals surface area contributed by atoms with Crippen molar-refractivity contribution in [2.24, 2.45) is 5.10 Å². The van der Waals surface area contributed by atoms with E-state index in [1.807, 2.05) is 54.6 Å². The van der Waals surface area contributed by atoms with Gasteiger partial charge in [-0.05, 0) is 42.0 Å². The first-order chi connectivity index (χ1) is 12.2. The first-order valence-electron chi connectivity index (χ1n) is 7.98. The highest BCUT2D eigenvalue weighted by atomic mass is 35.5. The molecule has 0 spiro atoms. The third kappa shape index (κ3) is 3.08. The van der Waals surface area contributed by atoms with E-state index in [1.54, 1.807) is 18.4 Å². The molecule has 0 radical (unpaired) electrons. The second-order valence-electron chi connectivity index (χ2n) is 5.80. The van der Waals surface area contributed by atoms with Crippen LogP contribution in [0.3, 0.4) is 0 Å². The van der Waals surface area contributed by atoms with Gasteiger partial charge in [-0.1, -0.05) is 41.9 Å². The highest BCUT2D eigenvalue weighted by molar-refractivity contribution is 6.30. The Kier molecular flexibility index (Phi) is 4.12. The number of hydrazone groups is 1. The first-order valence-corrected chi connectivity index (χ1v) is 8.35. The number of furan rings is 1. The van der Waals surface area contributed by atoms with E-state index in [0.717, 1.165) is 17.0 Å². The molecule has 1 amide bonds. The topological polar surface area (TPSA) is 45.8 Å². The van der Waals surface area contributed by atoms with Crippen LogP contribution in [0.15, 0.2) is 82.5 Å². The Bertz CT molecular complexity index is 903. The molecule has 1 aliphatic heterocycles. The van der Waals surface area contributed by atoms with Crippen LogP contribution in [0, 0.1) is 0 Å². The lowest BCUT2D eigenvalue weighted by molar-refractivity contribution is 0.0693. The molecule has 4 nitrogen and oxygen atoms in total. The van der Waals surface area contributed by atoms with Gasteiger partial charge < -0.3 is 4.42 Å². The Morgan fingerprint density at radius 2 is 1.80 bits per heavy atom. The van der Waals surface area contributed by atoms with Crippen molar-refractivity contribution in [1.29, 1.82) is 0 Å². The van der Waals surface area contributed by atoms with Crippen molar-refractivity contribution < 1.29 is 9.21 Å². The molecule has 0 N–H and O–H groups in total. The Morgan fingerprint density at radius 3 is 2.48 bits per heavy atom. The number of hydrogen-bond acceptors (Lipinski definition) is 3. The Labute approximate surface area is 150 Å². The summed E-state index contributed by atoms with van der Waals surface area (Å²) in [7, 11) is 0. The second-order valence-corrected chi connectivity index (χ2v) is 6.24. The molecule has 0 unspecified atom stereocenters. The van der Waals surface area contributed by atoms with E-state index in [-0.39, 0.29) is 11.9 Å². The molecule has 1 atom stereocenters. The van der Waals surface area contributed by atoms with Crippen LogP contribution in [0.2, 0.25) is 5.02 Å². The van der Waals surface area contributed by atoms with Gasteiger partial charge in [-0.15, -0.1) is 0 Å². The Morgan fingerprint density at radius 1 is 1.04 bits per heavy atom. The summed E-state index contributed by atoms with van der Waals surface area (Å²) >= 11 is 5.97. The summed E-state index contributed by atoms with van der Waals surface area (Å²) in [5.41, 5.74) is 2.38. The zero-order valence-corrected chi connectivity index (χ0v) is 14.1. The number of carbonyl (C=O) groups is 1. The maximum Gasteiger partial charge on any atom is 0.274 e. The quantitative estimate of drug-likeness (QED) is 0.672. The number of hydrogen-bond donors (Lipinski definition) is 0. The number of nitrogens with zero attached hydrogens (tertiary/aromatic N) is 2. The van der Waals surface area contributed by atoms with Crippen LogP contribution < -0.4 is 0 Å². The van der Waals surface area contributed by atoms with Crippen molar-refractivity contribution in [2.75, 3.05) is 0 Å². The molecule has 25 heavy (non-hydrogen) atoms. The van der Waals surface area contributed by atoms with Crippen LogP contribution in [-0.2, 0) is 0 Å². The molecule has 1 aliphatic rings. The highest BCUT2D eigenvalue weighted by Gasteiger charge is 2.35. The van der Waals surface area contributed by atoms with E-state index >= 15 is 0 Å². The first kappa shape index (κ1) is 15.7. The van der Waals surface area contributed by atoms with Crippen molar-refractivity contribution in [3.8, 4) is 0 Å². The second kappa shape index (κ2) is 6.57. The van der Waals surface area contributed by atoms with Crippen LogP contribution in [0.1, 0.15) is 34.1 Å². The van der Waals surface area contributed by atoms with E-state index in [9.17, 15) is 4.79 Å².